The van der Waals surface area contributed by atoms with Crippen molar-refractivity contribution in [3.05, 3.63) is 11.6 Å². The number of rotatable bonds is 9. The first kappa shape index (κ1) is 51.5. The first-order chi connectivity index (χ1) is 31.3. The highest BCUT2D eigenvalue weighted by atomic mass is 16.7. The Hall–Kier alpha value is -1.88. The van der Waals surface area contributed by atoms with Crippen molar-refractivity contribution in [3.8, 4) is 0 Å². The standard InChI is InChI=1S/C49H78O18/c1-9-61-39(59)38-37(65-40-34(56)30(52)25(51)22-62-40)33(55)36(58)42(66-38)64-29-13-14-46(6)27(45(29,4)5)12-15-48(8)28(46)11-10-23-24-20-44(2,3)16-18-49(24,19-17-47(23,48)7)43(60)67-41-35(57)32(54)31(53)26(21-50)63-41/h10,24-38,40-42,50-58H,9,11-22H2,1-8H3/t24?,25-,26-,27?,28?,29+,30-,31-,32-,33+,34-,35-,36-,37+,38+,40?,41+,42-,46+,47?,48-,49+/m1/s1. The molecule has 67 heavy (non-hydrogen) atoms. The van der Waals surface area contributed by atoms with Gasteiger partial charge in [-0.1, -0.05) is 60.1 Å². The zero-order valence-electron chi connectivity index (χ0n) is 40.4. The molecule has 3 heterocycles. The number of fused-ring (bicyclic) bond motifs is 7. The summed E-state index contributed by atoms with van der Waals surface area (Å²) in [5, 5.41) is 95.4. The van der Waals surface area contributed by atoms with E-state index in [0.29, 0.717) is 19.3 Å². The molecular weight excluding hydrogens is 877 g/mol. The zero-order valence-corrected chi connectivity index (χ0v) is 40.4. The molecule has 3 saturated heterocycles. The van der Waals surface area contributed by atoms with E-state index in [1.807, 2.05) is 0 Å². The Morgan fingerprint density at radius 3 is 2.07 bits per heavy atom. The molecular formula is C49H78O18. The fourth-order valence-corrected chi connectivity index (χ4v) is 14.9. The van der Waals surface area contributed by atoms with Gasteiger partial charge in [0.15, 0.2) is 18.7 Å². The third-order valence-electron chi connectivity index (χ3n) is 19.2. The Kier molecular flexibility index (Phi) is 14.1. The molecule has 4 saturated carbocycles. The summed E-state index contributed by atoms with van der Waals surface area (Å²) in [7, 11) is 0. The molecule has 0 aromatic heterocycles. The molecule has 5 unspecified atom stereocenters. The summed E-state index contributed by atoms with van der Waals surface area (Å²) in [4.78, 5) is 28.0. The average molecular weight is 955 g/mol. The van der Waals surface area contributed by atoms with Crippen molar-refractivity contribution in [2.45, 2.75) is 212 Å². The number of aliphatic hydroxyl groups excluding tert-OH is 9. The van der Waals surface area contributed by atoms with Crippen LogP contribution in [-0.2, 0) is 42.7 Å². The lowest BCUT2D eigenvalue weighted by atomic mass is 9.33. The van der Waals surface area contributed by atoms with Crippen LogP contribution in [0.25, 0.3) is 0 Å². The molecule has 9 N–H and O–H groups in total. The van der Waals surface area contributed by atoms with Gasteiger partial charge in [-0.25, -0.2) is 4.79 Å². The summed E-state index contributed by atoms with van der Waals surface area (Å²) in [5.74, 6) is -1.09. The summed E-state index contributed by atoms with van der Waals surface area (Å²) in [6.45, 7) is 16.6. The van der Waals surface area contributed by atoms with E-state index in [2.05, 4.69) is 54.5 Å². The van der Waals surface area contributed by atoms with Crippen LogP contribution in [0.1, 0.15) is 120 Å². The van der Waals surface area contributed by atoms with E-state index >= 15 is 0 Å². The lowest BCUT2D eigenvalue weighted by Gasteiger charge is -2.71. The van der Waals surface area contributed by atoms with Crippen LogP contribution >= 0.6 is 0 Å². The normalized spacial score (nSPS) is 51.4. The molecule has 22 atom stereocenters. The van der Waals surface area contributed by atoms with Crippen LogP contribution in [0.5, 0.6) is 0 Å². The second-order valence-electron chi connectivity index (χ2n) is 23.5. The molecule has 0 spiro atoms. The van der Waals surface area contributed by atoms with Crippen LogP contribution in [0.2, 0.25) is 0 Å². The van der Waals surface area contributed by atoms with Gasteiger partial charge in [0.1, 0.15) is 61.0 Å². The summed E-state index contributed by atoms with van der Waals surface area (Å²) < 4.78 is 40.9. The van der Waals surface area contributed by atoms with Crippen molar-refractivity contribution in [2.24, 2.45) is 50.2 Å². The van der Waals surface area contributed by atoms with Crippen LogP contribution in [0, 0.1) is 50.2 Å². The minimum absolute atomic E-state index is 0.0215. The molecule has 8 rings (SSSR count). The quantitative estimate of drug-likeness (QED) is 0.0896. The number of carbonyl (C=O) groups excluding carboxylic acids is 2. The van der Waals surface area contributed by atoms with E-state index in [4.69, 9.17) is 33.2 Å². The predicted octanol–water partition coefficient (Wildman–Crippen LogP) is 1.35. The molecule has 5 aliphatic carbocycles. The van der Waals surface area contributed by atoms with Gasteiger partial charge in [0.2, 0.25) is 6.29 Å². The SMILES string of the molecule is CCOC(=O)[C@H]1O[C@@H](O[C@H]2CC[C@@]3(C)C(CC[C@]4(C)C3CC=C3C5CC(C)(C)CC[C@]5(C(=O)O[C@@H]5O[C@H](CO)[C@@H](O)[C@@H](O)[C@H]5O)CCC34C)C2(C)C)[C@H](O)[C@H](O)[C@@H]1OC1OC[C@@H](O)[C@@H](O)[C@H]1O. The van der Waals surface area contributed by atoms with E-state index in [1.165, 1.54) is 5.57 Å². The van der Waals surface area contributed by atoms with Crippen LogP contribution in [0.4, 0.5) is 0 Å². The first-order valence-corrected chi connectivity index (χ1v) is 24.7. The summed E-state index contributed by atoms with van der Waals surface area (Å²) in [6, 6.07) is 0. The molecule has 18 nitrogen and oxygen atoms in total. The van der Waals surface area contributed by atoms with Gasteiger partial charge in [-0.2, -0.15) is 0 Å². The third-order valence-corrected chi connectivity index (χ3v) is 19.2. The number of carbonyl (C=O) groups is 2. The fourth-order valence-electron chi connectivity index (χ4n) is 14.9. The average Bonchev–Trinajstić information content (AvgIpc) is 3.27. The molecule has 7 fully saturated rings. The zero-order chi connectivity index (χ0) is 49.0. The summed E-state index contributed by atoms with van der Waals surface area (Å²) in [5.41, 5.74) is -0.707. The van der Waals surface area contributed by atoms with Gasteiger partial charge in [0, 0.05) is 0 Å². The summed E-state index contributed by atoms with van der Waals surface area (Å²) in [6.07, 6.45) is -12.7. The van der Waals surface area contributed by atoms with Crippen LogP contribution in [-0.4, -0.2) is 170 Å². The molecule has 0 radical (unpaired) electrons. The number of ether oxygens (including phenoxy) is 7. The van der Waals surface area contributed by atoms with Gasteiger partial charge >= 0.3 is 11.9 Å². The topological polar surface area (TPSA) is 281 Å². The first-order valence-electron chi connectivity index (χ1n) is 24.7. The predicted molar refractivity (Wildman–Crippen MR) is 234 cm³/mol. The molecule has 0 aromatic carbocycles. The highest BCUT2D eigenvalue weighted by Crippen LogP contribution is 2.76. The van der Waals surface area contributed by atoms with Gasteiger partial charge < -0.3 is 79.1 Å². The van der Waals surface area contributed by atoms with Crippen molar-refractivity contribution < 1.29 is 88.7 Å². The van der Waals surface area contributed by atoms with Gasteiger partial charge in [-0.05, 0) is 116 Å². The van der Waals surface area contributed by atoms with E-state index in [1.54, 1.807) is 6.92 Å². The highest BCUT2D eigenvalue weighted by Gasteiger charge is 2.70. The molecule has 0 amide bonds. The Morgan fingerprint density at radius 1 is 0.716 bits per heavy atom. The van der Waals surface area contributed by atoms with Crippen molar-refractivity contribution >= 4 is 11.9 Å². The minimum Gasteiger partial charge on any atom is -0.464 e. The van der Waals surface area contributed by atoms with E-state index in [9.17, 15) is 55.5 Å². The Labute approximate surface area is 393 Å². The number of hydrogen-bond donors (Lipinski definition) is 9. The Balaban J connectivity index is 1.02. The molecule has 18 heteroatoms. The van der Waals surface area contributed by atoms with E-state index < -0.39 is 121 Å². The number of esters is 2. The second-order valence-corrected chi connectivity index (χ2v) is 23.5. The molecule has 0 bridgehead atoms. The van der Waals surface area contributed by atoms with E-state index in [-0.39, 0.29) is 52.6 Å². The maximum Gasteiger partial charge on any atom is 0.338 e. The second kappa shape index (κ2) is 18.3. The maximum absolute atomic E-state index is 14.7. The number of hydrogen-bond acceptors (Lipinski definition) is 18. The lowest BCUT2D eigenvalue weighted by Crippen LogP contribution is -2.67. The minimum atomic E-state index is -1.76. The smallest absolute Gasteiger partial charge is 0.338 e. The highest BCUT2D eigenvalue weighted by molar-refractivity contribution is 5.79. The lowest BCUT2D eigenvalue weighted by molar-refractivity contribution is -0.355. The van der Waals surface area contributed by atoms with Crippen LogP contribution in [0.3, 0.4) is 0 Å². The van der Waals surface area contributed by atoms with Gasteiger partial charge in [-0.15, -0.1) is 0 Å². The van der Waals surface area contributed by atoms with Crippen molar-refractivity contribution in [1.82, 2.24) is 0 Å². The van der Waals surface area contributed by atoms with Gasteiger partial charge in [0.05, 0.1) is 31.3 Å². The van der Waals surface area contributed by atoms with Crippen molar-refractivity contribution in [3.63, 3.8) is 0 Å². The van der Waals surface area contributed by atoms with Gasteiger partial charge in [0.25, 0.3) is 0 Å². The number of aliphatic hydroxyl groups is 9. The van der Waals surface area contributed by atoms with Crippen molar-refractivity contribution in [1.29, 1.82) is 0 Å². The number of allylic oxidation sites excluding steroid dienone is 2. The Morgan fingerprint density at radius 2 is 1.39 bits per heavy atom. The molecule has 3 aliphatic heterocycles. The van der Waals surface area contributed by atoms with Crippen LogP contribution < -0.4 is 0 Å². The largest absolute Gasteiger partial charge is 0.464 e. The summed E-state index contributed by atoms with van der Waals surface area (Å²) >= 11 is 0. The van der Waals surface area contributed by atoms with E-state index in [0.717, 1.165) is 44.9 Å². The third kappa shape index (κ3) is 8.26. The van der Waals surface area contributed by atoms with Crippen LogP contribution in [0.15, 0.2) is 11.6 Å². The monoisotopic (exact) mass is 955 g/mol. The Bertz CT molecular complexity index is 1860. The fraction of sp³-hybridized carbons (Fsp3) is 0.918. The molecule has 8 aliphatic rings. The molecule has 0 aromatic rings. The molecule has 382 valence electrons. The van der Waals surface area contributed by atoms with Crippen molar-refractivity contribution in [2.75, 3.05) is 19.8 Å². The maximum atomic E-state index is 14.7. The van der Waals surface area contributed by atoms with Gasteiger partial charge in [-0.3, -0.25) is 4.79 Å².